The molecular weight excluding hydrogens is 639 g/mol. The number of carbonyl (C=O) groups excluding carboxylic acids is 4. The zero-order valence-electron chi connectivity index (χ0n) is 27.3. The summed E-state index contributed by atoms with van der Waals surface area (Å²) >= 11 is 0. The number of nitrogens with one attached hydrogen (secondary N) is 3. The van der Waals surface area contributed by atoms with Gasteiger partial charge in [-0.05, 0) is 55.1 Å². The summed E-state index contributed by atoms with van der Waals surface area (Å²) < 4.78 is 11.6. The van der Waals surface area contributed by atoms with E-state index in [1.807, 2.05) is 12.2 Å². The van der Waals surface area contributed by atoms with Gasteiger partial charge in [-0.15, -0.1) is 0 Å². The van der Waals surface area contributed by atoms with E-state index >= 15 is 0 Å². The maximum atomic E-state index is 14.2. The molecule has 2 aliphatic carbocycles. The second-order valence-corrected chi connectivity index (χ2v) is 15.5. The topological polar surface area (TPSA) is 225 Å². The van der Waals surface area contributed by atoms with Gasteiger partial charge in [0.2, 0.25) is 23.6 Å². The highest BCUT2D eigenvalue weighted by molar-refractivity contribution is 7.50. The molecule has 48 heavy (non-hydrogen) atoms. The minimum Gasteiger partial charge on any atom is -0.481 e. The largest absolute Gasteiger partial charge is 0.481 e. The molecule has 1 aliphatic heterocycles. The van der Waals surface area contributed by atoms with Gasteiger partial charge in [-0.3, -0.25) is 28.5 Å². The minimum atomic E-state index is -4.33. The van der Waals surface area contributed by atoms with E-state index in [2.05, 4.69) is 16.0 Å². The van der Waals surface area contributed by atoms with Crippen LogP contribution in [0.2, 0.25) is 0 Å². The Kier molecular flexibility index (Phi) is 12.6. The van der Waals surface area contributed by atoms with Crippen molar-refractivity contribution in [2.45, 2.75) is 114 Å². The zero-order chi connectivity index (χ0) is 35.0. The molecular formula is C34H49N4O9P. The van der Waals surface area contributed by atoms with Gasteiger partial charge in [0, 0.05) is 12.5 Å². The van der Waals surface area contributed by atoms with Crippen LogP contribution in [-0.2, 0) is 34.7 Å². The van der Waals surface area contributed by atoms with E-state index in [0.29, 0.717) is 43.4 Å². The van der Waals surface area contributed by atoms with Crippen molar-refractivity contribution in [3.05, 3.63) is 47.5 Å². The molecule has 2 spiro atoms. The maximum absolute atomic E-state index is 14.2. The van der Waals surface area contributed by atoms with E-state index in [1.165, 1.54) is 0 Å². The van der Waals surface area contributed by atoms with Gasteiger partial charge < -0.3 is 36.6 Å². The molecule has 3 atom stereocenters. The Labute approximate surface area is 281 Å². The van der Waals surface area contributed by atoms with E-state index in [9.17, 15) is 43.4 Å². The van der Waals surface area contributed by atoms with Crippen LogP contribution in [0.4, 0.5) is 0 Å². The molecule has 1 heterocycles. The molecule has 2 saturated carbocycles. The summed E-state index contributed by atoms with van der Waals surface area (Å²) in [5.74, 6) is -5.62. The first-order valence-corrected chi connectivity index (χ1v) is 18.7. The van der Waals surface area contributed by atoms with Crippen LogP contribution in [0, 0.1) is 11.3 Å². The van der Waals surface area contributed by atoms with Gasteiger partial charge in [-0.2, -0.15) is 0 Å². The standard InChI is InChI=1S/C34H49N4O9P/c35-28(39)20-27-31(43)36-22-33(14-4-1-5-15-33)16-8-3-9-25(24-12-10-23(11-13-24)21-48(45,46)47)26(19-29(40)41)30(42)38-34(32(44)37-27)17-6-2-7-18-34/h3,9-13,25-27H,1-2,4-8,14-22H2,(H2,35,39)(H,36,43)(H,37,44)(H,38,42)(H,40,41)(H2,45,46,47)/t25-,26+,27?/m1/s1. The lowest BCUT2D eigenvalue weighted by Gasteiger charge is -2.40. The number of nitrogens with two attached hydrogens (primary N) is 1. The van der Waals surface area contributed by atoms with Crippen LogP contribution in [0.5, 0.6) is 0 Å². The molecule has 0 radical (unpaired) electrons. The molecule has 4 amide bonds. The fourth-order valence-corrected chi connectivity index (χ4v) is 8.26. The fourth-order valence-electron chi connectivity index (χ4n) is 7.58. The Morgan fingerprint density at radius 3 is 2.08 bits per heavy atom. The van der Waals surface area contributed by atoms with Gasteiger partial charge in [-0.1, -0.05) is 74.9 Å². The average molecular weight is 689 g/mol. The molecule has 1 aromatic carbocycles. The van der Waals surface area contributed by atoms with Crippen molar-refractivity contribution in [3.8, 4) is 0 Å². The lowest BCUT2D eigenvalue weighted by Crippen LogP contribution is -2.64. The van der Waals surface area contributed by atoms with Gasteiger partial charge >= 0.3 is 13.6 Å². The van der Waals surface area contributed by atoms with Gasteiger partial charge in [-0.25, -0.2) is 0 Å². The van der Waals surface area contributed by atoms with Crippen molar-refractivity contribution < 1.29 is 43.4 Å². The van der Waals surface area contributed by atoms with Crippen LogP contribution < -0.4 is 21.7 Å². The lowest BCUT2D eigenvalue weighted by atomic mass is 9.71. The monoisotopic (exact) mass is 688 g/mol. The number of allylic oxidation sites excluding steroid dienone is 2. The summed E-state index contributed by atoms with van der Waals surface area (Å²) in [7, 11) is -4.33. The number of carboxylic acids is 1. The summed E-state index contributed by atoms with van der Waals surface area (Å²) in [6, 6.07) is 5.18. The highest BCUT2D eigenvalue weighted by Crippen LogP contribution is 2.42. The van der Waals surface area contributed by atoms with Gasteiger partial charge in [0.1, 0.15) is 11.6 Å². The summed E-state index contributed by atoms with van der Waals surface area (Å²) in [6.45, 7) is 0.360. The smallest absolute Gasteiger partial charge is 0.329 e. The van der Waals surface area contributed by atoms with Crippen molar-refractivity contribution in [1.82, 2.24) is 16.0 Å². The molecule has 264 valence electrons. The second kappa shape index (κ2) is 16.2. The molecule has 2 fully saturated rings. The van der Waals surface area contributed by atoms with Gasteiger partial charge in [0.05, 0.1) is 24.9 Å². The summed E-state index contributed by atoms with van der Waals surface area (Å²) in [4.78, 5) is 84.9. The van der Waals surface area contributed by atoms with E-state index in [0.717, 1.165) is 38.5 Å². The lowest BCUT2D eigenvalue weighted by molar-refractivity contribution is -0.143. The molecule has 14 heteroatoms. The molecule has 13 nitrogen and oxygen atoms in total. The molecule has 1 aromatic rings. The number of aliphatic carboxylic acids is 1. The zero-order valence-corrected chi connectivity index (χ0v) is 28.2. The highest BCUT2D eigenvalue weighted by atomic mass is 31.2. The Morgan fingerprint density at radius 1 is 0.875 bits per heavy atom. The molecule has 1 unspecified atom stereocenters. The SMILES string of the molecule is NC(=O)CC1NC(=O)C2(CCCCC2)NC(=O)[C@@H](CC(=O)O)[C@@H](c2ccc(CP(=O)(O)O)cc2)C=CCCC2(CCCCC2)CNC1=O. The average Bonchev–Trinajstić information content (AvgIpc) is 3.02. The van der Waals surface area contributed by atoms with Crippen molar-refractivity contribution in [1.29, 1.82) is 0 Å². The Balaban J connectivity index is 1.78. The highest BCUT2D eigenvalue weighted by Gasteiger charge is 2.45. The van der Waals surface area contributed by atoms with Crippen LogP contribution in [0.3, 0.4) is 0 Å². The first kappa shape index (κ1) is 37.3. The van der Waals surface area contributed by atoms with Crippen molar-refractivity contribution in [2.24, 2.45) is 17.1 Å². The van der Waals surface area contributed by atoms with Crippen molar-refractivity contribution in [2.75, 3.05) is 6.54 Å². The van der Waals surface area contributed by atoms with E-state index in [-0.39, 0.29) is 18.3 Å². The van der Waals surface area contributed by atoms with Gasteiger partial charge in [0.25, 0.3) is 0 Å². The molecule has 8 N–H and O–H groups in total. The van der Waals surface area contributed by atoms with Crippen molar-refractivity contribution in [3.63, 3.8) is 0 Å². The number of carboxylic acid groups (broad SMARTS) is 1. The number of rotatable bonds is 7. The number of hydrogen-bond acceptors (Lipinski definition) is 6. The molecule has 0 aromatic heterocycles. The van der Waals surface area contributed by atoms with Crippen LogP contribution >= 0.6 is 7.60 Å². The van der Waals surface area contributed by atoms with Crippen molar-refractivity contribution >= 4 is 37.2 Å². The fraction of sp³-hybridized carbons (Fsp3) is 0.618. The van der Waals surface area contributed by atoms with Crippen LogP contribution in [0.15, 0.2) is 36.4 Å². The predicted molar refractivity (Wildman–Crippen MR) is 177 cm³/mol. The van der Waals surface area contributed by atoms with Crippen LogP contribution in [0.1, 0.15) is 107 Å². The van der Waals surface area contributed by atoms with E-state index in [4.69, 9.17) is 5.73 Å². The van der Waals surface area contributed by atoms with E-state index in [1.54, 1.807) is 24.3 Å². The quantitative estimate of drug-likeness (QED) is 0.165. The number of primary amides is 1. The normalized spacial score (nSPS) is 25.5. The van der Waals surface area contributed by atoms with Crippen LogP contribution in [0.25, 0.3) is 0 Å². The second-order valence-electron chi connectivity index (χ2n) is 13.9. The summed E-state index contributed by atoms with van der Waals surface area (Å²) in [5.41, 5.74) is 4.81. The van der Waals surface area contributed by atoms with Crippen LogP contribution in [-0.4, -0.2) is 62.6 Å². The number of amides is 4. The first-order valence-electron chi connectivity index (χ1n) is 16.9. The maximum Gasteiger partial charge on any atom is 0.329 e. The molecule has 0 bridgehead atoms. The summed E-state index contributed by atoms with van der Waals surface area (Å²) in [6.07, 6.45) is 11.0. The third-order valence-electron chi connectivity index (χ3n) is 10.2. The summed E-state index contributed by atoms with van der Waals surface area (Å²) in [5, 5.41) is 18.6. The van der Waals surface area contributed by atoms with Gasteiger partial charge in [0.15, 0.2) is 0 Å². The Hall–Kier alpha value is -3.54. The third-order valence-corrected chi connectivity index (χ3v) is 11.0. The predicted octanol–water partition coefficient (Wildman–Crippen LogP) is 3.13. The molecule has 0 saturated heterocycles. The number of hydrogen-bond donors (Lipinski definition) is 7. The first-order chi connectivity index (χ1) is 22.7. The van der Waals surface area contributed by atoms with E-state index < -0.39 is 79.6 Å². The number of benzene rings is 1. The Bertz CT molecular complexity index is 1410. The Morgan fingerprint density at radius 2 is 1.50 bits per heavy atom. The molecule has 4 rings (SSSR count). The third kappa shape index (κ3) is 10.2. The number of carbonyl (C=O) groups is 5. The minimum absolute atomic E-state index is 0.224. The molecule has 3 aliphatic rings.